The van der Waals surface area contributed by atoms with Crippen molar-refractivity contribution in [3.63, 3.8) is 0 Å². The molecule has 1 N–H and O–H groups in total. The van der Waals surface area contributed by atoms with Crippen molar-refractivity contribution in [3.8, 4) is 5.69 Å². The zero-order valence-electron chi connectivity index (χ0n) is 18.0. The minimum atomic E-state index is -3.70. The van der Waals surface area contributed by atoms with Crippen LogP contribution in [0.1, 0.15) is 17.0 Å². The Morgan fingerprint density at radius 1 is 1.06 bits per heavy atom. The van der Waals surface area contributed by atoms with E-state index in [9.17, 15) is 13.2 Å². The highest BCUT2D eigenvalue weighted by molar-refractivity contribution is 7.92. The van der Waals surface area contributed by atoms with Gasteiger partial charge in [0.25, 0.3) is 5.91 Å². The SMILES string of the molecule is Cc1cc(/C=N/NC(=O)CN(c2ccc(Cl)cc2)S(C)(=O)=O)c(C)n1-c1ccc(Cl)c(Cl)c1. The van der Waals surface area contributed by atoms with Crippen LogP contribution in [0.25, 0.3) is 5.69 Å². The van der Waals surface area contributed by atoms with Gasteiger partial charge in [0.1, 0.15) is 6.54 Å². The van der Waals surface area contributed by atoms with Gasteiger partial charge in [-0.2, -0.15) is 5.10 Å². The second-order valence-electron chi connectivity index (χ2n) is 7.30. The van der Waals surface area contributed by atoms with Crippen LogP contribution in [-0.4, -0.2) is 37.9 Å². The number of amides is 1. The fraction of sp³-hybridized carbons (Fsp3) is 0.182. The zero-order valence-corrected chi connectivity index (χ0v) is 21.1. The van der Waals surface area contributed by atoms with E-state index < -0.39 is 22.5 Å². The van der Waals surface area contributed by atoms with Crippen LogP contribution < -0.4 is 9.73 Å². The molecule has 0 saturated heterocycles. The molecule has 0 atom stereocenters. The highest BCUT2D eigenvalue weighted by Crippen LogP contribution is 2.27. The summed E-state index contributed by atoms with van der Waals surface area (Å²) in [5.74, 6) is -0.593. The number of nitrogens with one attached hydrogen (secondary N) is 1. The summed E-state index contributed by atoms with van der Waals surface area (Å²) in [7, 11) is -3.70. The molecule has 3 aromatic rings. The second kappa shape index (κ2) is 10.2. The lowest BCUT2D eigenvalue weighted by atomic mass is 10.2. The molecule has 174 valence electrons. The number of nitrogens with zero attached hydrogens (tertiary/aromatic N) is 3. The van der Waals surface area contributed by atoms with Gasteiger partial charge >= 0.3 is 0 Å². The largest absolute Gasteiger partial charge is 0.318 e. The fourth-order valence-electron chi connectivity index (χ4n) is 3.29. The van der Waals surface area contributed by atoms with Crippen molar-refractivity contribution < 1.29 is 13.2 Å². The van der Waals surface area contributed by atoms with Crippen molar-refractivity contribution in [2.24, 2.45) is 5.10 Å². The number of aromatic nitrogens is 1. The van der Waals surface area contributed by atoms with Gasteiger partial charge in [0.15, 0.2) is 0 Å². The minimum Gasteiger partial charge on any atom is -0.318 e. The number of hydrogen-bond acceptors (Lipinski definition) is 4. The summed E-state index contributed by atoms with van der Waals surface area (Å²) in [5.41, 5.74) is 6.13. The third-order valence-corrected chi connectivity index (χ3v) is 6.96. The van der Waals surface area contributed by atoms with Gasteiger partial charge in [0.05, 0.1) is 28.2 Å². The van der Waals surface area contributed by atoms with E-state index >= 15 is 0 Å². The van der Waals surface area contributed by atoms with Crippen molar-refractivity contribution in [2.75, 3.05) is 17.1 Å². The number of rotatable bonds is 7. The monoisotopic (exact) mass is 526 g/mol. The molecule has 11 heteroatoms. The van der Waals surface area contributed by atoms with E-state index in [0.29, 0.717) is 20.8 Å². The first kappa shape index (κ1) is 25.1. The van der Waals surface area contributed by atoms with Crippen LogP contribution in [0, 0.1) is 13.8 Å². The number of carbonyl (C=O) groups excluding carboxylic acids is 1. The smallest absolute Gasteiger partial charge is 0.260 e. The first-order valence-electron chi connectivity index (χ1n) is 9.67. The number of benzene rings is 2. The summed E-state index contributed by atoms with van der Waals surface area (Å²) in [6.07, 6.45) is 2.53. The fourth-order valence-corrected chi connectivity index (χ4v) is 4.56. The maximum absolute atomic E-state index is 12.4. The van der Waals surface area contributed by atoms with Crippen LogP contribution in [0.5, 0.6) is 0 Å². The number of anilines is 1. The van der Waals surface area contributed by atoms with Crippen molar-refractivity contribution in [1.29, 1.82) is 0 Å². The van der Waals surface area contributed by atoms with Gasteiger partial charge < -0.3 is 4.57 Å². The van der Waals surface area contributed by atoms with Crippen LogP contribution in [0.15, 0.2) is 53.6 Å². The molecule has 0 saturated carbocycles. The molecule has 7 nitrogen and oxygen atoms in total. The lowest BCUT2D eigenvalue weighted by Gasteiger charge is -2.21. The van der Waals surface area contributed by atoms with Gasteiger partial charge in [-0.25, -0.2) is 13.8 Å². The van der Waals surface area contributed by atoms with Crippen LogP contribution >= 0.6 is 34.8 Å². The maximum atomic E-state index is 12.4. The molecule has 1 aromatic heterocycles. The van der Waals surface area contributed by atoms with Crippen molar-refractivity contribution in [1.82, 2.24) is 9.99 Å². The maximum Gasteiger partial charge on any atom is 0.260 e. The van der Waals surface area contributed by atoms with Crippen LogP contribution in [0.2, 0.25) is 15.1 Å². The van der Waals surface area contributed by atoms with Gasteiger partial charge in [-0.3, -0.25) is 9.10 Å². The predicted octanol–water partition coefficient (Wildman–Crippen LogP) is 4.97. The van der Waals surface area contributed by atoms with E-state index in [1.165, 1.54) is 18.3 Å². The Kier molecular flexibility index (Phi) is 7.74. The number of aryl methyl sites for hydroxylation is 1. The third-order valence-electron chi connectivity index (χ3n) is 4.83. The topological polar surface area (TPSA) is 83.8 Å². The van der Waals surface area contributed by atoms with Gasteiger partial charge in [-0.05, 0) is 62.4 Å². The summed E-state index contributed by atoms with van der Waals surface area (Å²) in [5, 5.41) is 5.37. The van der Waals surface area contributed by atoms with Crippen molar-refractivity contribution in [2.45, 2.75) is 13.8 Å². The highest BCUT2D eigenvalue weighted by Gasteiger charge is 2.20. The molecule has 0 spiro atoms. The van der Waals surface area contributed by atoms with E-state index in [1.807, 2.05) is 30.5 Å². The Hall–Kier alpha value is -2.52. The predicted molar refractivity (Wildman–Crippen MR) is 135 cm³/mol. The molecule has 0 radical (unpaired) electrons. The molecule has 1 heterocycles. The molecule has 0 unspecified atom stereocenters. The van der Waals surface area contributed by atoms with Crippen LogP contribution in [-0.2, 0) is 14.8 Å². The first-order valence-corrected chi connectivity index (χ1v) is 12.6. The van der Waals surface area contributed by atoms with Gasteiger partial charge in [-0.1, -0.05) is 34.8 Å². The lowest BCUT2D eigenvalue weighted by Crippen LogP contribution is -2.39. The molecule has 0 bridgehead atoms. The molecule has 0 aliphatic heterocycles. The molecule has 0 aliphatic rings. The number of hydrazone groups is 1. The third kappa shape index (κ3) is 6.09. The molecule has 0 fully saturated rings. The van der Waals surface area contributed by atoms with Crippen LogP contribution in [0.3, 0.4) is 0 Å². The van der Waals surface area contributed by atoms with Gasteiger partial charge in [-0.15, -0.1) is 0 Å². The molecule has 0 aliphatic carbocycles. The summed E-state index contributed by atoms with van der Waals surface area (Å²) < 4.78 is 27.3. The minimum absolute atomic E-state index is 0.325. The van der Waals surface area contributed by atoms with E-state index in [0.717, 1.165) is 33.2 Å². The number of halogens is 3. The van der Waals surface area contributed by atoms with Crippen molar-refractivity contribution in [3.05, 3.63) is 80.6 Å². The van der Waals surface area contributed by atoms with Crippen molar-refractivity contribution >= 4 is 62.6 Å². The summed E-state index contributed by atoms with van der Waals surface area (Å²) in [4.78, 5) is 12.4. The summed E-state index contributed by atoms with van der Waals surface area (Å²) in [6, 6.07) is 13.4. The molecule has 2 aromatic carbocycles. The Balaban J connectivity index is 1.75. The summed E-state index contributed by atoms with van der Waals surface area (Å²) in [6.45, 7) is 3.41. The van der Waals surface area contributed by atoms with E-state index in [4.69, 9.17) is 34.8 Å². The Morgan fingerprint density at radius 3 is 2.33 bits per heavy atom. The van der Waals surface area contributed by atoms with Crippen LogP contribution in [0.4, 0.5) is 5.69 Å². The standard InChI is InChI=1S/C22H21Cl3N4O3S/c1-14-10-16(15(2)29(14)19-8-9-20(24)21(25)11-19)12-26-27-22(30)13-28(33(3,31)32)18-6-4-17(23)5-7-18/h4-12H,13H2,1-3H3,(H,27,30)/b26-12+. The quantitative estimate of drug-likeness (QED) is 0.348. The Labute approximate surface area is 207 Å². The number of hydrogen-bond donors (Lipinski definition) is 1. The molecular formula is C22H21Cl3N4O3S. The lowest BCUT2D eigenvalue weighted by molar-refractivity contribution is -0.119. The zero-order chi connectivity index (χ0) is 24.3. The first-order chi connectivity index (χ1) is 15.5. The number of sulfonamides is 1. The summed E-state index contributed by atoms with van der Waals surface area (Å²) >= 11 is 18.0. The molecule has 1 amide bonds. The highest BCUT2D eigenvalue weighted by atomic mass is 35.5. The number of carbonyl (C=O) groups is 1. The van der Waals surface area contributed by atoms with Gasteiger partial charge in [0, 0.05) is 27.7 Å². The molecule has 33 heavy (non-hydrogen) atoms. The molecule has 3 rings (SSSR count). The molecular weight excluding hydrogens is 507 g/mol. The average molecular weight is 528 g/mol. The Bertz CT molecular complexity index is 1320. The van der Waals surface area contributed by atoms with E-state index in [2.05, 4.69) is 10.5 Å². The van der Waals surface area contributed by atoms with E-state index in [1.54, 1.807) is 24.3 Å². The van der Waals surface area contributed by atoms with E-state index in [-0.39, 0.29) is 0 Å². The normalized spacial score (nSPS) is 11.7. The Morgan fingerprint density at radius 2 is 1.73 bits per heavy atom. The second-order valence-corrected chi connectivity index (χ2v) is 10.5. The van der Waals surface area contributed by atoms with Gasteiger partial charge in [0.2, 0.25) is 10.0 Å². The average Bonchev–Trinajstić information content (AvgIpc) is 3.01.